The van der Waals surface area contributed by atoms with Crippen LogP contribution >= 0.6 is 0 Å². The topological polar surface area (TPSA) is 29.5 Å². The molecule has 0 spiro atoms. The third kappa shape index (κ3) is 1.80. The summed E-state index contributed by atoms with van der Waals surface area (Å²) in [6, 6.07) is 8.43. The minimum atomic E-state index is -0.488. The molecule has 80 valence electrons. The molecule has 0 atom stereocenters. The minimum Gasteiger partial charge on any atom is -0.385 e. The highest BCUT2D eigenvalue weighted by Gasteiger charge is 2.41. The maximum atomic E-state index is 9.91. The van der Waals surface area contributed by atoms with Crippen molar-refractivity contribution in [3.05, 3.63) is 35.4 Å². The van der Waals surface area contributed by atoms with Crippen LogP contribution < -0.4 is 0 Å². The Balaban J connectivity index is 1.70. The highest BCUT2D eigenvalue weighted by Crippen LogP contribution is 2.45. The molecule has 0 radical (unpaired) electrons. The van der Waals surface area contributed by atoms with Crippen molar-refractivity contribution in [2.24, 2.45) is 5.92 Å². The van der Waals surface area contributed by atoms with E-state index in [1.165, 1.54) is 5.56 Å². The highest BCUT2D eigenvalue weighted by atomic mass is 16.5. The molecule has 2 aliphatic rings. The van der Waals surface area contributed by atoms with Gasteiger partial charge < -0.3 is 9.84 Å². The van der Waals surface area contributed by atoms with Crippen LogP contribution in [0.1, 0.15) is 24.0 Å². The second kappa shape index (κ2) is 3.32. The summed E-state index contributed by atoms with van der Waals surface area (Å²) < 4.78 is 5.16. The van der Waals surface area contributed by atoms with Gasteiger partial charge in [-0.05, 0) is 30.4 Å². The summed E-state index contributed by atoms with van der Waals surface area (Å²) >= 11 is 0. The number of hydrogen-bond acceptors (Lipinski definition) is 2. The van der Waals surface area contributed by atoms with Crippen molar-refractivity contribution in [2.75, 3.05) is 13.2 Å². The first kappa shape index (κ1) is 9.37. The van der Waals surface area contributed by atoms with E-state index in [0.717, 1.165) is 38.0 Å². The summed E-state index contributed by atoms with van der Waals surface area (Å²) in [6.07, 6.45) is 2.95. The van der Waals surface area contributed by atoms with Gasteiger partial charge in [-0.15, -0.1) is 0 Å². The van der Waals surface area contributed by atoms with Crippen molar-refractivity contribution in [2.45, 2.75) is 24.9 Å². The summed E-state index contributed by atoms with van der Waals surface area (Å²) in [5.74, 6) is 0.708. The van der Waals surface area contributed by atoms with Gasteiger partial charge >= 0.3 is 0 Å². The Labute approximate surface area is 89.9 Å². The molecule has 1 aliphatic heterocycles. The third-order valence-corrected chi connectivity index (χ3v) is 3.45. The van der Waals surface area contributed by atoms with Crippen LogP contribution in [-0.4, -0.2) is 18.3 Å². The van der Waals surface area contributed by atoms with E-state index in [4.69, 9.17) is 4.74 Å². The van der Waals surface area contributed by atoms with E-state index in [-0.39, 0.29) is 0 Å². The van der Waals surface area contributed by atoms with Gasteiger partial charge in [0.05, 0.1) is 18.8 Å². The van der Waals surface area contributed by atoms with Gasteiger partial charge in [-0.25, -0.2) is 0 Å². The number of ether oxygens (including phenoxy) is 1. The average Bonchev–Trinajstić information content (AvgIpc) is 2.93. The van der Waals surface area contributed by atoms with E-state index in [2.05, 4.69) is 24.3 Å². The summed E-state index contributed by atoms with van der Waals surface area (Å²) in [5, 5.41) is 9.91. The zero-order valence-corrected chi connectivity index (χ0v) is 8.78. The fourth-order valence-electron chi connectivity index (χ4n) is 2.09. The molecular weight excluding hydrogens is 188 g/mol. The van der Waals surface area contributed by atoms with Crippen molar-refractivity contribution in [1.82, 2.24) is 0 Å². The first-order valence-electron chi connectivity index (χ1n) is 5.66. The molecule has 1 saturated heterocycles. The first-order valence-corrected chi connectivity index (χ1v) is 5.66. The second-order valence-corrected chi connectivity index (χ2v) is 4.84. The molecule has 0 unspecified atom stereocenters. The molecule has 0 aromatic heterocycles. The van der Waals surface area contributed by atoms with Crippen molar-refractivity contribution in [3.63, 3.8) is 0 Å². The van der Waals surface area contributed by atoms with Gasteiger partial charge in [-0.2, -0.15) is 0 Å². The van der Waals surface area contributed by atoms with Crippen LogP contribution in [0.4, 0.5) is 0 Å². The zero-order chi connectivity index (χ0) is 10.3. The molecule has 2 nitrogen and oxygen atoms in total. The maximum Gasteiger partial charge on any atom is 0.0899 e. The molecule has 1 aliphatic carbocycles. The molecule has 1 N–H and O–H groups in total. The summed E-state index contributed by atoms with van der Waals surface area (Å²) in [4.78, 5) is 0. The number of rotatable bonds is 3. The standard InChI is InChI=1S/C13H16O2/c14-13(5-6-13)12-3-1-10(2-4-12)7-11-8-15-9-11/h1-4,11,14H,5-9H2. The van der Waals surface area contributed by atoms with Gasteiger partial charge in [0.15, 0.2) is 0 Å². The van der Waals surface area contributed by atoms with Crippen LogP contribution in [0, 0.1) is 5.92 Å². The number of benzene rings is 1. The fourth-order valence-corrected chi connectivity index (χ4v) is 2.09. The van der Waals surface area contributed by atoms with Crippen molar-refractivity contribution < 1.29 is 9.84 Å². The van der Waals surface area contributed by atoms with E-state index >= 15 is 0 Å². The van der Waals surface area contributed by atoms with Crippen LogP contribution in [0.2, 0.25) is 0 Å². The summed E-state index contributed by atoms with van der Waals surface area (Å²) in [6.45, 7) is 1.82. The average molecular weight is 204 g/mol. The molecule has 3 rings (SSSR count). The van der Waals surface area contributed by atoms with Crippen molar-refractivity contribution in [1.29, 1.82) is 0 Å². The number of hydrogen-bond donors (Lipinski definition) is 1. The Bertz CT molecular complexity index is 347. The SMILES string of the molecule is OC1(c2ccc(CC3COC3)cc2)CC1. The van der Waals surface area contributed by atoms with E-state index in [1.54, 1.807) is 0 Å². The van der Waals surface area contributed by atoms with Gasteiger partial charge in [-0.3, -0.25) is 0 Å². The predicted molar refractivity (Wildman–Crippen MR) is 57.6 cm³/mol. The molecular formula is C13H16O2. The first-order chi connectivity index (χ1) is 7.26. The highest BCUT2D eigenvalue weighted by molar-refractivity contribution is 5.30. The van der Waals surface area contributed by atoms with Crippen LogP contribution in [-0.2, 0) is 16.8 Å². The molecule has 0 bridgehead atoms. The lowest BCUT2D eigenvalue weighted by Gasteiger charge is -2.26. The molecule has 1 aromatic rings. The smallest absolute Gasteiger partial charge is 0.0899 e. The largest absolute Gasteiger partial charge is 0.385 e. The van der Waals surface area contributed by atoms with Crippen LogP contribution in [0.3, 0.4) is 0 Å². The lowest BCUT2D eigenvalue weighted by Crippen LogP contribution is -2.29. The minimum absolute atomic E-state index is 0.488. The van der Waals surface area contributed by atoms with Gasteiger partial charge in [-0.1, -0.05) is 24.3 Å². The quantitative estimate of drug-likeness (QED) is 0.814. The number of aliphatic hydroxyl groups is 1. The lowest BCUT2D eigenvalue weighted by atomic mass is 9.96. The normalized spacial score (nSPS) is 23.5. The van der Waals surface area contributed by atoms with E-state index in [9.17, 15) is 5.11 Å². The molecule has 15 heavy (non-hydrogen) atoms. The molecule has 1 heterocycles. The van der Waals surface area contributed by atoms with E-state index in [0.29, 0.717) is 5.92 Å². The van der Waals surface area contributed by atoms with Gasteiger partial charge in [0, 0.05) is 5.92 Å². The predicted octanol–water partition coefficient (Wildman–Crippen LogP) is 1.86. The Morgan fingerprint density at radius 2 is 1.87 bits per heavy atom. The Morgan fingerprint density at radius 3 is 2.33 bits per heavy atom. The Kier molecular flexibility index (Phi) is 2.08. The fraction of sp³-hybridized carbons (Fsp3) is 0.538. The zero-order valence-electron chi connectivity index (χ0n) is 8.78. The molecule has 0 amide bonds. The summed E-state index contributed by atoms with van der Waals surface area (Å²) in [7, 11) is 0. The van der Waals surface area contributed by atoms with E-state index < -0.39 is 5.60 Å². The van der Waals surface area contributed by atoms with Crippen molar-refractivity contribution >= 4 is 0 Å². The monoisotopic (exact) mass is 204 g/mol. The molecule has 2 heteroatoms. The Hall–Kier alpha value is -0.860. The van der Waals surface area contributed by atoms with Crippen LogP contribution in [0.5, 0.6) is 0 Å². The Morgan fingerprint density at radius 1 is 1.20 bits per heavy atom. The van der Waals surface area contributed by atoms with Gasteiger partial charge in [0.2, 0.25) is 0 Å². The lowest BCUT2D eigenvalue weighted by molar-refractivity contribution is -0.0312. The van der Waals surface area contributed by atoms with Crippen LogP contribution in [0.15, 0.2) is 24.3 Å². The molecule has 1 aromatic carbocycles. The molecule has 1 saturated carbocycles. The van der Waals surface area contributed by atoms with Crippen LogP contribution in [0.25, 0.3) is 0 Å². The van der Waals surface area contributed by atoms with Crippen molar-refractivity contribution in [3.8, 4) is 0 Å². The second-order valence-electron chi connectivity index (χ2n) is 4.84. The molecule has 2 fully saturated rings. The van der Waals surface area contributed by atoms with Gasteiger partial charge in [0.1, 0.15) is 0 Å². The van der Waals surface area contributed by atoms with E-state index in [1.807, 2.05) is 0 Å². The van der Waals surface area contributed by atoms with Gasteiger partial charge in [0.25, 0.3) is 0 Å². The maximum absolute atomic E-state index is 9.91. The third-order valence-electron chi connectivity index (χ3n) is 3.45. The summed E-state index contributed by atoms with van der Waals surface area (Å²) in [5.41, 5.74) is 1.95.